The lowest BCUT2D eigenvalue weighted by Crippen LogP contribution is -2.86. The molecule has 0 aromatic heterocycles. The molecule has 1 aromatic rings. The molecule has 60 heavy (non-hydrogen) atoms. The Kier molecular flexibility index (Phi) is 12.4. The van der Waals surface area contributed by atoms with Gasteiger partial charge in [0.05, 0.1) is 35.1 Å². The molecule has 4 aliphatic rings. The van der Waals surface area contributed by atoms with Crippen molar-refractivity contribution in [2.45, 2.75) is 155 Å². The highest BCUT2D eigenvalue weighted by molar-refractivity contribution is 5.96. The van der Waals surface area contributed by atoms with Gasteiger partial charge in [0.2, 0.25) is 0 Å². The molecule has 2 bridgehead atoms. The molecule has 16 heteroatoms. The molecule has 11 atom stereocenters. The number of allylic oxidation sites excluding steroid dienone is 1. The van der Waals surface area contributed by atoms with E-state index in [4.69, 9.17) is 28.4 Å². The highest BCUT2D eigenvalue weighted by Crippen LogP contribution is 2.70. The van der Waals surface area contributed by atoms with Crippen LogP contribution in [0.15, 0.2) is 53.1 Å². The summed E-state index contributed by atoms with van der Waals surface area (Å²) < 4.78 is 35.7. The standard InChI is InChI=1S/C44H59NO15/c1-22(2)18-27(45-38(53)60-39(6,7)8)32(49)36(52)57-28-20-43(54)37(58-35(51)26-16-14-13-15-17-26)42(12)41(11,29(48)19-30-44(42,21-55-30)59-25(5)47)34(50)33(56-24(4)46)31(23(28)3)40(43,9)10/h13-18,27-30,32-33,37,48-49,54H,19-21H2,1-12H3,(H,45,53)/t27-,28-,29-,30+,32+,33+,37-,41-,42-,43+,44-/m0/s1. The molecule has 330 valence electrons. The molecular weight excluding hydrogens is 782 g/mol. The molecule has 16 nitrogen and oxygen atoms in total. The number of aliphatic hydroxyl groups is 3. The normalized spacial score (nSPS) is 34.0. The Labute approximate surface area is 349 Å². The van der Waals surface area contributed by atoms with Gasteiger partial charge in [0.25, 0.3) is 0 Å². The van der Waals surface area contributed by atoms with E-state index in [1.165, 1.54) is 39.0 Å². The number of fused-ring (bicyclic) bond motifs is 5. The number of rotatable bonds is 9. The molecule has 0 spiro atoms. The smallest absolute Gasteiger partial charge is 0.408 e. The summed E-state index contributed by atoms with van der Waals surface area (Å²) in [6.07, 6.45) is -10.2. The minimum Gasteiger partial charge on any atom is -0.456 e. The molecule has 5 rings (SSSR count). The van der Waals surface area contributed by atoms with E-state index in [0.29, 0.717) is 5.57 Å². The van der Waals surface area contributed by atoms with E-state index in [2.05, 4.69) is 5.32 Å². The van der Waals surface area contributed by atoms with Crippen molar-refractivity contribution in [2.75, 3.05) is 6.61 Å². The maximum Gasteiger partial charge on any atom is 0.408 e. The zero-order valence-corrected chi connectivity index (χ0v) is 36.4. The summed E-state index contributed by atoms with van der Waals surface area (Å²) in [6.45, 7) is 17.7. The van der Waals surface area contributed by atoms with Gasteiger partial charge in [-0.3, -0.25) is 14.4 Å². The Hall–Kier alpha value is -4.64. The number of benzene rings is 1. The minimum absolute atomic E-state index is 0.0128. The summed E-state index contributed by atoms with van der Waals surface area (Å²) >= 11 is 0. The van der Waals surface area contributed by atoms with Crippen LogP contribution >= 0.6 is 0 Å². The van der Waals surface area contributed by atoms with Gasteiger partial charge in [-0.05, 0) is 71.7 Å². The van der Waals surface area contributed by atoms with E-state index in [0.717, 1.165) is 13.8 Å². The molecule has 1 amide bonds. The fraction of sp³-hybridized carbons (Fsp3) is 0.636. The number of Topliss-reactive ketones (excluding diaryl/α,β-unsaturated/α-hetero) is 1. The summed E-state index contributed by atoms with van der Waals surface area (Å²) in [6, 6.07) is 6.48. The number of esters is 4. The quantitative estimate of drug-likeness (QED) is 0.157. The van der Waals surface area contributed by atoms with Gasteiger partial charge in [-0.1, -0.05) is 50.6 Å². The predicted octanol–water partition coefficient (Wildman–Crippen LogP) is 3.81. The highest BCUT2D eigenvalue weighted by Gasteiger charge is 2.84. The molecule has 3 aliphatic carbocycles. The van der Waals surface area contributed by atoms with Crippen molar-refractivity contribution in [3.05, 3.63) is 58.7 Å². The van der Waals surface area contributed by atoms with Gasteiger partial charge < -0.3 is 49.1 Å². The fourth-order valence-corrected chi connectivity index (χ4v) is 9.88. The van der Waals surface area contributed by atoms with Gasteiger partial charge in [0, 0.05) is 32.1 Å². The number of aliphatic hydroxyl groups excluding tert-OH is 2. The van der Waals surface area contributed by atoms with E-state index in [1.807, 2.05) is 0 Å². The minimum atomic E-state index is -2.42. The molecule has 0 unspecified atom stereocenters. The third-order valence-electron chi connectivity index (χ3n) is 13.1. The highest BCUT2D eigenvalue weighted by atomic mass is 16.6. The molecule has 4 N–H and O–H groups in total. The zero-order chi connectivity index (χ0) is 45.1. The van der Waals surface area contributed by atoms with Crippen molar-refractivity contribution in [3.63, 3.8) is 0 Å². The second kappa shape index (κ2) is 16.0. The molecule has 0 radical (unpaired) electrons. The first kappa shape index (κ1) is 46.4. The molecule has 2 saturated carbocycles. The molecule has 1 aliphatic heterocycles. The monoisotopic (exact) mass is 841 g/mol. The molecular formula is C44H59NO15. The second-order valence-electron chi connectivity index (χ2n) is 18.6. The van der Waals surface area contributed by atoms with Crippen LogP contribution in [0.3, 0.4) is 0 Å². The first-order valence-corrected chi connectivity index (χ1v) is 20.0. The van der Waals surface area contributed by atoms with Crippen LogP contribution < -0.4 is 5.32 Å². The first-order valence-electron chi connectivity index (χ1n) is 20.0. The van der Waals surface area contributed by atoms with Gasteiger partial charge in [-0.15, -0.1) is 0 Å². The Morgan fingerprint density at radius 3 is 2.08 bits per heavy atom. The van der Waals surface area contributed by atoms with E-state index in [9.17, 15) is 39.3 Å². The van der Waals surface area contributed by atoms with Crippen LogP contribution in [-0.2, 0) is 47.6 Å². The lowest BCUT2D eigenvalue weighted by Gasteiger charge is -2.72. The number of nitrogens with one attached hydrogen (secondary N) is 1. The topological polar surface area (TPSA) is 231 Å². The number of hydrogen-bond donors (Lipinski definition) is 4. The maximum absolute atomic E-state index is 15.6. The largest absolute Gasteiger partial charge is 0.456 e. The summed E-state index contributed by atoms with van der Waals surface area (Å²) in [4.78, 5) is 82.9. The Morgan fingerprint density at radius 2 is 1.57 bits per heavy atom. The number of amides is 1. The SMILES string of the molecule is CC(=O)O[C@H]1C(=O)[C@]2(C)[C@@H](O)C[C@H]3OC[C@@]3(OC(C)=O)[C@@]2(C)[C@H](OC(=O)c2ccccc2)[C@]2(O)C[C@H](OC(=O)[C@H](O)[C@H](C=C(C)C)NC(=O)OC(C)(C)C)C(C)=C1C2(C)C. The van der Waals surface area contributed by atoms with Crippen LogP contribution in [0.25, 0.3) is 0 Å². The number of carbonyl (C=O) groups excluding carboxylic acids is 6. The van der Waals surface area contributed by atoms with Crippen LogP contribution in [0.5, 0.6) is 0 Å². The van der Waals surface area contributed by atoms with Crippen LogP contribution in [0, 0.1) is 16.2 Å². The van der Waals surface area contributed by atoms with Gasteiger partial charge in [-0.2, -0.15) is 0 Å². The first-order chi connectivity index (χ1) is 27.6. The second-order valence-corrected chi connectivity index (χ2v) is 18.6. The number of carbonyl (C=O) groups is 6. The lowest BCUT2D eigenvalue weighted by atomic mass is 9.38. The van der Waals surface area contributed by atoms with Crippen molar-refractivity contribution in [3.8, 4) is 0 Å². The average molecular weight is 842 g/mol. The van der Waals surface area contributed by atoms with Gasteiger partial charge in [0.1, 0.15) is 29.5 Å². The van der Waals surface area contributed by atoms with Crippen LogP contribution in [0.1, 0.15) is 106 Å². The Morgan fingerprint density at radius 1 is 0.950 bits per heavy atom. The van der Waals surface area contributed by atoms with E-state index in [-0.39, 0.29) is 29.7 Å². The summed E-state index contributed by atoms with van der Waals surface area (Å²) in [5.41, 5.74) is -10.2. The lowest BCUT2D eigenvalue weighted by molar-refractivity contribution is -0.380. The molecule has 3 fully saturated rings. The van der Waals surface area contributed by atoms with E-state index < -0.39 is 118 Å². The zero-order valence-electron chi connectivity index (χ0n) is 36.4. The maximum atomic E-state index is 15.6. The number of ether oxygens (including phenoxy) is 6. The van der Waals surface area contributed by atoms with Crippen LogP contribution in [0.2, 0.25) is 0 Å². The molecule has 1 aromatic carbocycles. The van der Waals surface area contributed by atoms with Gasteiger partial charge in [0.15, 0.2) is 23.6 Å². The molecule has 1 saturated heterocycles. The van der Waals surface area contributed by atoms with Crippen LogP contribution in [0.4, 0.5) is 4.79 Å². The van der Waals surface area contributed by atoms with Gasteiger partial charge >= 0.3 is 30.0 Å². The van der Waals surface area contributed by atoms with Crippen molar-refractivity contribution >= 4 is 35.8 Å². The summed E-state index contributed by atoms with van der Waals surface area (Å²) in [5, 5.41) is 39.9. The fourth-order valence-electron chi connectivity index (χ4n) is 9.88. The van der Waals surface area contributed by atoms with E-state index >= 15 is 4.79 Å². The summed E-state index contributed by atoms with van der Waals surface area (Å²) in [5.74, 6) is -4.75. The third-order valence-corrected chi connectivity index (χ3v) is 13.1. The van der Waals surface area contributed by atoms with Crippen LogP contribution in [-0.4, -0.2) is 117 Å². The van der Waals surface area contributed by atoms with E-state index in [1.54, 1.807) is 66.7 Å². The average Bonchev–Trinajstić information content (AvgIpc) is 3.12. The Bertz CT molecular complexity index is 1980. The summed E-state index contributed by atoms with van der Waals surface area (Å²) in [7, 11) is 0. The third kappa shape index (κ3) is 7.53. The number of hydrogen-bond acceptors (Lipinski definition) is 15. The number of alkyl carbamates (subject to hydrolysis) is 1. The van der Waals surface area contributed by atoms with Crippen molar-refractivity contribution < 1.29 is 72.5 Å². The van der Waals surface area contributed by atoms with Crippen molar-refractivity contribution in [2.24, 2.45) is 16.2 Å². The number of ketones is 1. The van der Waals surface area contributed by atoms with Gasteiger partial charge in [-0.25, -0.2) is 14.4 Å². The molecule has 1 heterocycles. The predicted molar refractivity (Wildman–Crippen MR) is 212 cm³/mol. The van der Waals surface area contributed by atoms with Crippen molar-refractivity contribution in [1.82, 2.24) is 5.32 Å². The Balaban J connectivity index is 1.77. The van der Waals surface area contributed by atoms with Crippen molar-refractivity contribution in [1.29, 1.82) is 0 Å².